The molecular formula is C20H21FN4O. The lowest BCUT2D eigenvalue weighted by molar-refractivity contribution is 0.262. The molecule has 2 aliphatic heterocycles. The third-order valence-electron chi connectivity index (χ3n) is 4.48. The number of fused-ring (bicyclic) bond motifs is 1. The van der Waals surface area contributed by atoms with Crippen molar-refractivity contribution in [2.24, 2.45) is 5.92 Å². The lowest BCUT2D eigenvalue weighted by atomic mass is 10.1. The molecule has 2 N–H and O–H groups in total. The van der Waals surface area contributed by atoms with Crippen LogP contribution in [0.4, 0.5) is 20.6 Å². The molecule has 0 saturated carbocycles. The highest BCUT2D eigenvalue weighted by Crippen LogP contribution is 2.43. The molecule has 26 heavy (non-hydrogen) atoms. The molecule has 0 aromatic heterocycles. The summed E-state index contributed by atoms with van der Waals surface area (Å²) in [6, 6.07) is 13.2. The van der Waals surface area contributed by atoms with Gasteiger partial charge in [0.1, 0.15) is 5.82 Å². The van der Waals surface area contributed by atoms with Gasteiger partial charge in [0.15, 0.2) is 5.82 Å². The highest BCUT2D eigenvalue weighted by molar-refractivity contribution is 5.99. The molecule has 2 heterocycles. The van der Waals surface area contributed by atoms with Crippen molar-refractivity contribution in [3.8, 4) is 11.5 Å². The van der Waals surface area contributed by atoms with E-state index in [1.807, 2.05) is 24.3 Å². The van der Waals surface area contributed by atoms with Crippen LogP contribution in [0.3, 0.4) is 0 Å². The summed E-state index contributed by atoms with van der Waals surface area (Å²) in [5.41, 5.74) is 3.32. The maximum Gasteiger partial charge on any atom is 0.323 e. The molecule has 4 rings (SSSR count). The van der Waals surface area contributed by atoms with Crippen molar-refractivity contribution < 1.29 is 9.18 Å². The minimum absolute atomic E-state index is 0.152. The molecule has 0 saturated heterocycles. The molecule has 6 heteroatoms. The van der Waals surface area contributed by atoms with Gasteiger partial charge in [-0.1, -0.05) is 26.0 Å². The van der Waals surface area contributed by atoms with Crippen LogP contribution < -0.4 is 10.6 Å². The van der Waals surface area contributed by atoms with E-state index < -0.39 is 11.8 Å². The molecule has 2 aliphatic rings. The molecule has 0 atom stereocenters. The van der Waals surface area contributed by atoms with Gasteiger partial charge in [-0.05, 0) is 55.2 Å². The van der Waals surface area contributed by atoms with Gasteiger partial charge in [0.25, 0.3) is 0 Å². The zero-order chi connectivity index (χ0) is 18.3. The Balaban J connectivity index is 1.33. The van der Waals surface area contributed by atoms with Gasteiger partial charge in [-0.25, -0.2) is 18.5 Å². The Kier molecular flexibility index (Phi) is 4.03. The Morgan fingerprint density at radius 1 is 1.04 bits per heavy atom. The van der Waals surface area contributed by atoms with Gasteiger partial charge < -0.3 is 10.6 Å². The van der Waals surface area contributed by atoms with Gasteiger partial charge in [0, 0.05) is 5.69 Å². The van der Waals surface area contributed by atoms with Crippen LogP contribution in [0.1, 0.15) is 26.0 Å². The number of hydrogen-bond donors (Lipinski definition) is 2. The van der Waals surface area contributed by atoms with Crippen molar-refractivity contribution in [3.63, 3.8) is 0 Å². The van der Waals surface area contributed by atoms with E-state index in [4.69, 9.17) is 0 Å². The predicted molar refractivity (Wildman–Crippen MR) is 101 cm³/mol. The monoisotopic (exact) mass is 352 g/mol. The number of para-hydroxylation sites is 1. The first-order valence-corrected chi connectivity index (χ1v) is 8.80. The van der Waals surface area contributed by atoms with Gasteiger partial charge in [-0.3, -0.25) is 0 Å². The quantitative estimate of drug-likeness (QED) is 0.507. The molecule has 0 fully saturated rings. The van der Waals surface area contributed by atoms with Crippen LogP contribution in [0.2, 0.25) is 0 Å². The Morgan fingerprint density at radius 2 is 1.73 bits per heavy atom. The second-order valence-corrected chi connectivity index (χ2v) is 6.93. The van der Waals surface area contributed by atoms with Crippen LogP contribution in [0.25, 0.3) is 11.5 Å². The van der Waals surface area contributed by atoms with Crippen molar-refractivity contribution in [2.75, 3.05) is 10.6 Å². The number of rotatable bonds is 6. The fourth-order valence-corrected chi connectivity index (χ4v) is 2.94. The number of carbonyl (C=O) groups excluding carboxylic acids is 1. The average Bonchev–Trinajstić information content (AvgIpc) is 3.49. The lowest BCUT2D eigenvalue weighted by Crippen LogP contribution is -2.20. The molecular weight excluding hydrogens is 331 g/mol. The molecule has 2 amide bonds. The van der Waals surface area contributed by atoms with Crippen molar-refractivity contribution in [3.05, 3.63) is 60.0 Å². The summed E-state index contributed by atoms with van der Waals surface area (Å²) in [6.07, 6.45) is 2.35. The van der Waals surface area contributed by atoms with E-state index in [1.54, 1.807) is 12.1 Å². The van der Waals surface area contributed by atoms with E-state index in [9.17, 15) is 9.18 Å². The van der Waals surface area contributed by atoms with Crippen LogP contribution in [0.5, 0.6) is 0 Å². The summed E-state index contributed by atoms with van der Waals surface area (Å²) >= 11 is 0. The third kappa shape index (κ3) is 3.22. The number of nitrogens with zero attached hydrogens (tertiary/aromatic N) is 2. The average molecular weight is 352 g/mol. The number of anilines is 2. The number of hydrogen-bond acceptors (Lipinski definition) is 1. The number of amides is 2. The number of nitrogens with one attached hydrogen (secondary N) is 2. The summed E-state index contributed by atoms with van der Waals surface area (Å²) in [5.74, 6) is 1.57. The summed E-state index contributed by atoms with van der Waals surface area (Å²) in [5, 5.41) is 5.21. The second-order valence-electron chi connectivity index (χ2n) is 6.93. The number of aromatic nitrogens is 2. The van der Waals surface area contributed by atoms with Crippen LogP contribution in [-0.2, 0) is 6.42 Å². The van der Waals surface area contributed by atoms with Crippen LogP contribution in [0, 0.1) is 11.7 Å². The first-order chi connectivity index (χ1) is 12.5. The minimum atomic E-state index is -0.472. The summed E-state index contributed by atoms with van der Waals surface area (Å²) in [7, 11) is 0. The Labute approximate surface area is 151 Å². The number of halogens is 1. The van der Waals surface area contributed by atoms with E-state index in [1.165, 1.54) is 30.1 Å². The molecule has 0 unspecified atom stereocenters. The zero-order valence-electron chi connectivity index (χ0n) is 14.8. The lowest BCUT2D eigenvalue weighted by Gasteiger charge is -2.08. The Morgan fingerprint density at radius 3 is 2.38 bits per heavy atom. The van der Waals surface area contributed by atoms with E-state index in [-0.39, 0.29) is 5.69 Å². The normalized spacial score (nSPS) is 11.7. The van der Waals surface area contributed by atoms with E-state index >= 15 is 0 Å². The third-order valence-corrected chi connectivity index (χ3v) is 4.48. The number of benzene rings is 2. The van der Waals surface area contributed by atoms with Crippen LogP contribution in [-0.4, -0.2) is 15.4 Å². The van der Waals surface area contributed by atoms with E-state index in [0.29, 0.717) is 5.69 Å². The summed E-state index contributed by atoms with van der Waals surface area (Å²) in [6.45, 7) is 4.47. The maximum atomic E-state index is 13.6. The van der Waals surface area contributed by atoms with Crippen LogP contribution in [0.15, 0.2) is 48.5 Å². The molecule has 2 aromatic rings. The smallest absolute Gasteiger partial charge is 0.308 e. The minimum Gasteiger partial charge on any atom is -0.308 e. The highest BCUT2D eigenvalue weighted by Gasteiger charge is 2.40. The van der Waals surface area contributed by atoms with E-state index in [0.717, 1.165) is 18.0 Å². The first kappa shape index (κ1) is 16.4. The number of carbonyl (C=O) groups is 1. The zero-order valence-corrected chi connectivity index (χ0v) is 14.8. The van der Waals surface area contributed by atoms with Gasteiger partial charge >= 0.3 is 6.03 Å². The molecule has 0 spiro atoms. The largest absolute Gasteiger partial charge is 0.323 e. The first-order valence-electron chi connectivity index (χ1n) is 8.80. The van der Waals surface area contributed by atoms with Crippen molar-refractivity contribution in [1.29, 1.82) is 0 Å². The van der Waals surface area contributed by atoms with Gasteiger partial charge in [0.2, 0.25) is 0 Å². The van der Waals surface area contributed by atoms with Gasteiger partial charge in [-0.15, -0.1) is 0 Å². The Bertz CT molecular complexity index is 935. The molecule has 134 valence electrons. The SMILES string of the molecule is CC(C)CCc1c2n(-c3ccc(NC(=O)Nc4ccccc4F)cc3)n1-2. The van der Waals surface area contributed by atoms with E-state index in [2.05, 4.69) is 33.8 Å². The van der Waals surface area contributed by atoms with Gasteiger partial charge in [0.05, 0.1) is 17.1 Å². The molecule has 0 bridgehead atoms. The van der Waals surface area contributed by atoms with Crippen molar-refractivity contribution in [2.45, 2.75) is 26.7 Å². The molecule has 0 radical (unpaired) electrons. The van der Waals surface area contributed by atoms with Crippen LogP contribution >= 0.6 is 0 Å². The summed E-state index contributed by atoms with van der Waals surface area (Å²) < 4.78 is 17.9. The highest BCUT2D eigenvalue weighted by atomic mass is 19.1. The fraction of sp³-hybridized carbons (Fsp3) is 0.250. The van der Waals surface area contributed by atoms with Crippen molar-refractivity contribution in [1.82, 2.24) is 9.36 Å². The Hall–Kier alpha value is -3.02. The number of urea groups is 1. The van der Waals surface area contributed by atoms with Gasteiger partial charge in [-0.2, -0.15) is 0 Å². The standard InChI is InChI=1S/C20H21FN4O/c1-13(2)7-12-18-19-24(25(18)19)15-10-8-14(9-11-15)22-20(26)23-17-6-4-3-5-16(17)21/h3-6,8-11,13H,7,12H2,1-2H3,(H2,22,23,26). The summed E-state index contributed by atoms with van der Waals surface area (Å²) in [4.78, 5) is 12.0. The maximum absolute atomic E-state index is 13.6. The molecule has 5 nitrogen and oxygen atoms in total. The molecule has 0 aliphatic carbocycles. The van der Waals surface area contributed by atoms with Crippen molar-refractivity contribution >= 4 is 17.4 Å². The fourth-order valence-electron chi connectivity index (χ4n) is 2.94. The number of aryl methyl sites for hydroxylation is 1. The topological polar surface area (TPSA) is 51.0 Å². The second kappa shape index (κ2) is 6.37. The predicted octanol–water partition coefficient (Wildman–Crippen LogP) is 4.95. The molecule has 2 aromatic carbocycles.